The highest BCUT2D eigenvalue weighted by Crippen LogP contribution is 2.64. The van der Waals surface area contributed by atoms with Crippen molar-refractivity contribution in [3.63, 3.8) is 0 Å². The third-order valence-corrected chi connectivity index (χ3v) is 14.4. The molecule has 2 aromatic rings. The van der Waals surface area contributed by atoms with Gasteiger partial charge in [0, 0.05) is 52.2 Å². The predicted octanol–water partition coefficient (Wildman–Crippen LogP) is 7.62. The number of fused-ring (bicyclic) bond motifs is 6. The first-order valence-electron chi connectivity index (χ1n) is 18.8. The maximum Gasteiger partial charge on any atom is 0.184 e. The van der Waals surface area contributed by atoms with Crippen molar-refractivity contribution in [2.75, 3.05) is 21.3 Å². The number of aliphatic hydroxyl groups is 1. The maximum absolute atomic E-state index is 7.00. The lowest BCUT2D eigenvalue weighted by atomic mass is 9.59. The second-order valence-corrected chi connectivity index (χ2v) is 18.6. The predicted molar refractivity (Wildman–Crippen MR) is 228 cm³/mol. The van der Waals surface area contributed by atoms with Crippen molar-refractivity contribution < 1.29 is 19.8 Å². The average molecular weight is 891 g/mol. The normalized spacial score (nSPS) is 36.9. The van der Waals surface area contributed by atoms with Gasteiger partial charge in [-0.25, -0.2) is 10.9 Å². The molecule has 0 amide bonds. The van der Waals surface area contributed by atoms with Gasteiger partial charge in [0.2, 0.25) is 0 Å². The Hall–Kier alpha value is -2.10. The molecule has 2 saturated carbocycles. The Balaban J connectivity index is 0.000000190. The Morgan fingerprint density at radius 3 is 1.59 bits per heavy atom. The van der Waals surface area contributed by atoms with Crippen molar-refractivity contribution >= 4 is 66.3 Å². The molecule has 296 valence electrons. The minimum absolute atomic E-state index is 0.0215. The molecule has 2 heterocycles. The third kappa shape index (κ3) is 6.86. The number of hydrogen-bond donors (Lipinski definition) is 5. The molecule has 10 nitrogen and oxygen atoms in total. The first-order chi connectivity index (χ1) is 25.6. The van der Waals surface area contributed by atoms with Gasteiger partial charge in [-0.15, -0.1) is 0 Å². The largest absolute Gasteiger partial charge is 0.400 e. The monoisotopic (exact) mass is 888 g/mol. The van der Waals surface area contributed by atoms with Crippen molar-refractivity contribution in [2.24, 2.45) is 61.1 Å². The quantitative estimate of drug-likeness (QED) is 0.152. The van der Waals surface area contributed by atoms with E-state index in [1.807, 2.05) is 28.1 Å². The van der Waals surface area contributed by atoms with Crippen LogP contribution in [0.4, 0.5) is 0 Å². The fraction of sp³-hybridized carbons (Fsp3) is 0.610. The van der Waals surface area contributed by atoms with Gasteiger partial charge in [0.1, 0.15) is 10.8 Å². The van der Waals surface area contributed by atoms with Crippen molar-refractivity contribution in [2.45, 2.75) is 104 Å². The van der Waals surface area contributed by atoms with Crippen LogP contribution in [-0.2, 0) is 33.6 Å². The van der Waals surface area contributed by atoms with E-state index in [4.69, 9.17) is 52.7 Å². The topological polar surface area (TPSA) is 160 Å². The highest BCUT2D eigenvalue weighted by Gasteiger charge is 2.64. The lowest BCUT2D eigenvalue weighted by molar-refractivity contribution is -0.0767. The van der Waals surface area contributed by atoms with Crippen LogP contribution in [-0.4, -0.2) is 66.1 Å². The number of aliphatic hydroxyl groups excluding tert-OH is 1. The first kappa shape index (κ1) is 43.0. The minimum atomic E-state index is -0.568. The van der Waals surface area contributed by atoms with Crippen LogP contribution in [0, 0.1) is 34.5 Å². The Labute approximate surface area is 343 Å². The summed E-state index contributed by atoms with van der Waals surface area (Å²) in [6, 6.07) is 13.2. The zero-order valence-electron chi connectivity index (χ0n) is 33.0. The standard InChI is InChI=1S/C20H26BrN3O.C20H25BrN2OS.CH4O.H3NO/c1-11-8-19(9-12(2)17(11)25-4)10-14-5-6-15(21)7-16(14)20(19)23-13(3)18(22)24-20;1-11-8-19(9-12(2)17(11)24-4)10-14-5-6-15(21)7-16(14)20(19)22-13(3)18(25)23-20;2*1-2/h5-7,11-12,17H,8-10H2,1-4H3,(H2,22,24);5-7,11-12,17H,8-10H2,1-4H3,(H,23,25);2H,1H3;2H,1H2/t2*11-,12+,17?,19?,20?;;. The van der Waals surface area contributed by atoms with Gasteiger partial charge in [-0.05, 0) is 111 Å². The van der Waals surface area contributed by atoms with Gasteiger partial charge in [0.05, 0.1) is 23.6 Å². The van der Waals surface area contributed by atoms with Crippen LogP contribution in [0.5, 0.6) is 0 Å². The molecule has 7 N–H and O–H groups in total. The summed E-state index contributed by atoms with van der Waals surface area (Å²) in [6.07, 6.45) is 6.96. The van der Waals surface area contributed by atoms with Crippen LogP contribution < -0.4 is 16.9 Å². The molecule has 0 bridgehead atoms. The average Bonchev–Trinajstić information content (AvgIpc) is 3.77. The van der Waals surface area contributed by atoms with Gasteiger partial charge in [0.15, 0.2) is 11.3 Å². The van der Waals surface area contributed by atoms with Crippen molar-refractivity contribution in [1.29, 1.82) is 0 Å². The number of amidine groups is 1. The number of benzene rings is 2. The number of nitrogens with zero attached hydrogens (tertiary/aromatic N) is 3. The number of aliphatic imine (C=N–C) groups is 3. The summed E-state index contributed by atoms with van der Waals surface area (Å²) < 4.78 is 13.8. The van der Waals surface area contributed by atoms with E-state index in [9.17, 15) is 0 Å². The molecular formula is C41H58Br2N6O4S. The molecule has 2 aromatic carbocycles. The summed E-state index contributed by atoms with van der Waals surface area (Å²) in [6.45, 7) is 13.3. The zero-order valence-corrected chi connectivity index (χ0v) is 37.0. The molecule has 4 spiro atoms. The Morgan fingerprint density at radius 2 is 1.17 bits per heavy atom. The van der Waals surface area contributed by atoms with Gasteiger partial charge in [0.25, 0.3) is 0 Å². The van der Waals surface area contributed by atoms with E-state index in [0.717, 1.165) is 71.0 Å². The zero-order chi connectivity index (χ0) is 40.0. The smallest absolute Gasteiger partial charge is 0.184 e. The second kappa shape index (κ2) is 16.4. The summed E-state index contributed by atoms with van der Waals surface area (Å²) in [7, 11) is 4.68. The molecule has 8 rings (SSSR count). The van der Waals surface area contributed by atoms with Gasteiger partial charge < -0.3 is 30.8 Å². The Bertz CT molecular complexity index is 1790. The molecule has 0 saturated heterocycles. The van der Waals surface area contributed by atoms with E-state index in [-0.39, 0.29) is 10.8 Å². The van der Waals surface area contributed by atoms with Crippen LogP contribution >= 0.6 is 44.1 Å². The van der Waals surface area contributed by atoms with Crippen LogP contribution in [0.25, 0.3) is 0 Å². The molecule has 0 aromatic heterocycles. The number of thiocarbonyl (C=S) groups is 1. The molecule has 2 fully saturated rings. The number of ether oxygens (including phenoxy) is 2. The Kier molecular flexibility index (Phi) is 13.1. The maximum atomic E-state index is 7.00. The molecule has 54 heavy (non-hydrogen) atoms. The number of halogens is 2. The molecule has 4 aliphatic carbocycles. The lowest BCUT2D eigenvalue weighted by Gasteiger charge is -2.51. The van der Waals surface area contributed by atoms with Crippen molar-refractivity contribution in [3.05, 3.63) is 67.6 Å². The van der Waals surface area contributed by atoms with Crippen molar-refractivity contribution in [1.82, 2.24) is 5.32 Å². The minimum Gasteiger partial charge on any atom is -0.400 e. The fourth-order valence-corrected chi connectivity index (χ4v) is 12.5. The van der Waals surface area contributed by atoms with Crippen molar-refractivity contribution in [3.8, 4) is 0 Å². The van der Waals surface area contributed by atoms with Crippen LogP contribution in [0.1, 0.15) is 89.5 Å². The fourth-order valence-electron chi connectivity index (χ4n) is 11.5. The molecule has 6 unspecified atom stereocenters. The summed E-state index contributed by atoms with van der Waals surface area (Å²) >= 11 is 12.9. The summed E-state index contributed by atoms with van der Waals surface area (Å²) in [4.78, 5) is 16.1. The molecule has 13 heteroatoms. The third-order valence-electron chi connectivity index (χ3n) is 13.1. The number of nitrogens with one attached hydrogen (secondary N) is 1. The number of nitrogens with two attached hydrogens (primary N) is 2. The number of hydrogen-bond acceptors (Lipinski definition) is 10. The van der Waals surface area contributed by atoms with Gasteiger partial charge in [-0.3, -0.25) is 9.98 Å². The summed E-state index contributed by atoms with van der Waals surface area (Å²) in [5, 5.41) is 17.2. The van der Waals surface area contributed by atoms with E-state index >= 15 is 0 Å². The van der Waals surface area contributed by atoms with E-state index in [1.165, 1.54) is 22.3 Å². The van der Waals surface area contributed by atoms with Gasteiger partial charge in [-0.2, -0.15) is 0 Å². The second-order valence-electron chi connectivity index (χ2n) is 16.4. The van der Waals surface area contributed by atoms with E-state index in [1.54, 1.807) is 0 Å². The van der Waals surface area contributed by atoms with Gasteiger partial charge >= 0.3 is 0 Å². The highest BCUT2D eigenvalue weighted by atomic mass is 79.9. The SMILES string of the molecule is CO.COC1[C@H](C)CC2(Cc3ccc(Br)cc3C23N=C(C)C(=S)N3)C[C@@H]1C.COC1[C@H](C)CC2(Cc3ccc(Br)cc3C23N=C(C)C(N)=N3)C[C@@H]1C.NO. The van der Waals surface area contributed by atoms with E-state index in [0.29, 0.717) is 41.7 Å². The molecular weight excluding hydrogens is 832 g/mol. The molecule has 6 aliphatic rings. The van der Waals surface area contributed by atoms with Crippen LogP contribution in [0.3, 0.4) is 0 Å². The highest BCUT2D eigenvalue weighted by molar-refractivity contribution is 9.10. The summed E-state index contributed by atoms with van der Waals surface area (Å²) in [5.74, 6) is 6.01. The molecule has 10 atom stereocenters. The molecule has 0 radical (unpaired) electrons. The lowest BCUT2D eigenvalue weighted by Crippen LogP contribution is -2.56. The van der Waals surface area contributed by atoms with Crippen LogP contribution in [0.15, 0.2) is 60.3 Å². The Morgan fingerprint density at radius 1 is 0.722 bits per heavy atom. The summed E-state index contributed by atoms with van der Waals surface area (Å²) in [5.41, 5.74) is 12.3. The van der Waals surface area contributed by atoms with Gasteiger partial charge in [-0.1, -0.05) is 83.9 Å². The van der Waals surface area contributed by atoms with E-state index < -0.39 is 11.3 Å². The van der Waals surface area contributed by atoms with E-state index in [2.05, 4.69) is 107 Å². The number of rotatable bonds is 2. The van der Waals surface area contributed by atoms with Crippen LogP contribution in [0.2, 0.25) is 0 Å². The first-order valence-corrected chi connectivity index (χ1v) is 20.8. The number of methoxy groups -OCH3 is 2. The molecule has 2 aliphatic heterocycles.